The number of nitro groups is 1. The molecule has 0 fully saturated rings. The zero-order valence-electron chi connectivity index (χ0n) is 10.8. The average Bonchev–Trinajstić information content (AvgIpc) is 2.43. The van der Waals surface area contributed by atoms with Crippen molar-refractivity contribution >= 4 is 21.5 Å². The molecular weight excluding hydrogens is 298 g/mol. The van der Waals surface area contributed by atoms with Crippen LogP contribution in [0.4, 0.5) is 11.5 Å². The van der Waals surface area contributed by atoms with Crippen molar-refractivity contribution in [2.45, 2.75) is 11.8 Å². The second kappa shape index (κ2) is 5.37. The second-order valence-electron chi connectivity index (χ2n) is 4.24. The molecule has 0 aliphatic rings. The maximum absolute atomic E-state index is 12.1. The molecule has 0 bridgehead atoms. The molecular formula is C12H11N3O5S. The van der Waals surface area contributed by atoms with E-state index in [-0.39, 0.29) is 16.3 Å². The predicted molar refractivity (Wildman–Crippen MR) is 74.5 cm³/mol. The van der Waals surface area contributed by atoms with Crippen molar-refractivity contribution in [3.63, 3.8) is 0 Å². The standard InChI is InChI=1S/C12H11N3O5S/c1-8-2-4-11(16)10(6-8)14-21(19,20)9-3-5-12(13-7-9)15(17)18/h2-7,14,16H,1H3. The molecule has 0 radical (unpaired) electrons. The number of pyridine rings is 1. The number of anilines is 1. The summed E-state index contributed by atoms with van der Waals surface area (Å²) in [4.78, 5) is 13.0. The van der Waals surface area contributed by atoms with Gasteiger partial charge in [-0.1, -0.05) is 6.07 Å². The van der Waals surface area contributed by atoms with E-state index in [1.807, 2.05) is 0 Å². The quantitative estimate of drug-likeness (QED) is 0.504. The number of aryl methyl sites for hydroxylation is 1. The number of rotatable bonds is 4. The van der Waals surface area contributed by atoms with Crippen molar-refractivity contribution in [2.24, 2.45) is 0 Å². The summed E-state index contributed by atoms with van der Waals surface area (Å²) in [6.07, 6.45) is 0.882. The Labute approximate surface area is 120 Å². The summed E-state index contributed by atoms with van der Waals surface area (Å²) in [6.45, 7) is 1.74. The number of nitrogens with zero attached hydrogens (tertiary/aromatic N) is 2. The summed E-state index contributed by atoms with van der Waals surface area (Å²) in [5, 5.41) is 20.1. The molecule has 0 spiro atoms. The Morgan fingerprint density at radius 2 is 2.00 bits per heavy atom. The van der Waals surface area contributed by atoms with Crippen LogP contribution in [0, 0.1) is 17.0 Å². The van der Waals surface area contributed by atoms with Crippen LogP contribution in [0.1, 0.15) is 5.56 Å². The van der Waals surface area contributed by atoms with E-state index in [1.165, 1.54) is 12.1 Å². The average molecular weight is 309 g/mol. The van der Waals surface area contributed by atoms with Crippen LogP contribution in [-0.4, -0.2) is 23.4 Å². The molecule has 0 aliphatic carbocycles. The van der Waals surface area contributed by atoms with Crippen molar-refractivity contribution in [1.82, 2.24) is 4.98 Å². The van der Waals surface area contributed by atoms with Crippen LogP contribution in [0.3, 0.4) is 0 Å². The third kappa shape index (κ3) is 3.26. The molecule has 0 aliphatic heterocycles. The molecule has 21 heavy (non-hydrogen) atoms. The molecule has 0 saturated carbocycles. The molecule has 0 amide bonds. The highest BCUT2D eigenvalue weighted by Gasteiger charge is 2.19. The molecule has 2 rings (SSSR count). The fourth-order valence-corrected chi connectivity index (χ4v) is 2.58. The maximum atomic E-state index is 12.1. The first-order valence-electron chi connectivity index (χ1n) is 5.72. The van der Waals surface area contributed by atoms with Crippen LogP contribution < -0.4 is 4.72 Å². The van der Waals surface area contributed by atoms with Crippen LogP contribution in [0.5, 0.6) is 5.75 Å². The normalized spacial score (nSPS) is 11.1. The minimum atomic E-state index is -3.99. The monoisotopic (exact) mass is 309 g/mol. The highest BCUT2D eigenvalue weighted by molar-refractivity contribution is 7.92. The highest BCUT2D eigenvalue weighted by atomic mass is 32.2. The number of hydrogen-bond donors (Lipinski definition) is 2. The Balaban J connectivity index is 2.34. The summed E-state index contributed by atoms with van der Waals surface area (Å²) in [7, 11) is -3.99. The number of hydrogen-bond acceptors (Lipinski definition) is 6. The lowest BCUT2D eigenvalue weighted by atomic mass is 10.2. The molecule has 0 atom stereocenters. The van der Waals surface area contributed by atoms with Gasteiger partial charge in [0, 0.05) is 6.07 Å². The molecule has 8 nitrogen and oxygen atoms in total. The summed E-state index contributed by atoms with van der Waals surface area (Å²) in [5.41, 5.74) is 0.778. The van der Waals surface area contributed by atoms with E-state index in [0.717, 1.165) is 23.9 Å². The topological polar surface area (TPSA) is 122 Å². The molecule has 9 heteroatoms. The van der Waals surface area contributed by atoms with Crippen molar-refractivity contribution in [1.29, 1.82) is 0 Å². The fraction of sp³-hybridized carbons (Fsp3) is 0.0833. The van der Waals surface area contributed by atoms with Gasteiger partial charge < -0.3 is 15.2 Å². The van der Waals surface area contributed by atoms with E-state index in [1.54, 1.807) is 13.0 Å². The summed E-state index contributed by atoms with van der Waals surface area (Å²) < 4.78 is 26.4. The Morgan fingerprint density at radius 1 is 1.29 bits per heavy atom. The Kier molecular flexibility index (Phi) is 3.76. The number of phenols is 1. The zero-order valence-corrected chi connectivity index (χ0v) is 11.7. The van der Waals surface area contributed by atoms with E-state index < -0.39 is 20.8 Å². The largest absolute Gasteiger partial charge is 0.506 e. The summed E-state index contributed by atoms with van der Waals surface area (Å²) >= 11 is 0. The smallest absolute Gasteiger partial charge is 0.363 e. The SMILES string of the molecule is Cc1ccc(O)c(NS(=O)(=O)c2ccc([N+](=O)[O-])nc2)c1. The van der Waals surface area contributed by atoms with Crippen LogP contribution in [-0.2, 0) is 10.0 Å². The summed E-state index contributed by atoms with van der Waals surface area (Å²) in [5.74, 6) is -0.675. The second-order valence-corrected chi connectivity index (χ2v) is 5.92. The maximum Gasteiger partial charge on any atom is 0.363 e. The number of benzene rings is 1. The van der Waals surface area contributed by atoms with Crippen LogP contribution in [0.15, 0.2) is 41.4 Å². The van der Waals surface area contributed by atoms with E-state index in [4.69, 9.17) is 0 Å². The van der Waals surface area contributed by atoms with Gasteiger partial charge in [-0.3, -0.25) is 4.72 Å². The molecule has 0 unspecified atom stereocenters. The number of aromatic nitrogens is 1. The van der Waals surface area contributed by atoms with Gasteiger partial charge in [-0.15, -0.1) is 0 Å². The number of phenolic OH excluding ortho intramolecular Hbond substituents is 1. The van der Waals surface area contributed by atoms with Gasteiger partial charge in [-0.25, -0.2) is 8.42 Å². The van der Waals surface area contributed by atoms with E-state index in [0.29, 0.717) is 0 Å². The minimum absolute atomic E-state index is 0.0216. The van der Waals surface area contributed by atoms with Crippen molar-refractivity contribution in [2.75, 3.05) is 4.72 Å². The van der Waals surface area contributed by atoms with Crippen molar-refractivity contribution < 1.29 is 18.4 Å². The van der Waals surface area contributed by atoms with Crippen molar-refractivity contribution in [3.05, 3.63) is 52.2 Å². The third-order valence-corrected chi connectivity index (χ3v) is 3.97. The lowest BCUT2D eigenvalue weighted by Crippen LogP contribution is -2.13. The van der Waals surface area contributed by atoms with Gasteiger partial charge in [0.25, 0.3) is 10.0 Å². The molecule has 1 aromatic heterocycles. The first-order valence-corrected chi connectivity index (χ1v) is 7.21. The predicted octanol–water partition coefficient (Wildman–Crippen LogP) is 1.80. The molecule has 110 valence electrons. The van der Waals surface area contributed by atoms with Crippen LogP contribution in [0.25, 0.3) is 0 Å². The first kappa shape index (κ1) is 14.7. The Bertz CT molecular complexity index is 787. The van der Waals surface area contributed by atoms with E-state index in [2.05, 4.69) is 9.71 Å². The van der Waals surface area contributed by atoms with Gasteiger partial charge in [0.2, 0.25) is 0 Å². The fourth-order valence-electron chi connectivity index (χ4n) is 1.57. The third-order valence-electron chi connectivity index (χ3n) is 2.61. The molecule has 2 aromatic rings. The number of aromatic hydroxyl groups is 1. The van der Waals surface area contributed by atoms with E-state index in [9.17, 15) is 23.6 Å². The molecule has 2 N–H and O–H groups in total. The Hall–Kier alpha value is -2.68. The lowest BCUT2D eigenvalue weighted by Gasteiger charge is -2.09. The van der Waals surface area contributed by atoms with Gasteiger partial charge in [-0.05, 0) is 40.6 Å². The lowest BCUT2D eigenvalue weighted by molar-refractivity contribution is -0.389. The zero-order chi connectivity index (χ0) is 15.6. The first-order chi connectivity index (χ1) is 9.79. The number of sulfonamides is 1. The Morgan fingerprint density at radius 3 is 2.57 bits per heavy atom. The minimum Gasteiger partial charge on any atom is -0.506 e. The van der Waals surface area contributed by atoms with Crippen LogP contribution >= 0.6 is 0 Å². The molecule has 1 aromatic carbocycles. The molecule has 1 heterocycles. The highest BCUT2D eigenvalue weighted by Crippen LogP contribution is 2.26. The van der Waals surface area contributed by atoms with Gasteiger partial charge in [0.15, 0.2) is 6.20 Å². The van der Waals surface area contributed by atoms with Gasteiger partial charge in [0.05, 0.1) is 5.69 Å². The van der Waals surface area contributed by atoms with Gasteiger partial charge >= 0.3 is 5.82 Å². The van der Waals surface area contributed by atoms with Crippen molar-refractivity contribution in [3.8, 4) is 5.75 Å². The van der Waals surface area contributed by atoms with Gasteiger partial charge in [-0.2, -0.15) is 0 Å². The summed E-state index contributed by atoms with van der Waals surface area (Å²) in [6, 6.07) is 6.51. The van der Waals surface area contributed by atoms with Crippen LogP contribution in [0.2, 0.25) is 0 Å². The van der Waals surface area contributed by atoms with Gasteiger partial charge in [0.1, 0.15) is 10.6 Å². The van der Waals surface area contributed by atoms with E-state index >= 15 is 0 Å². The number of nitrogens with one attached hydrogen (secondary N) is 1. The molecule has 0 saturated heterocycles.